The van der Waals surface area contributed by atoms with Gasteiger partial charge in [0, 0.05) is 12.0 Å². The van der Waals surface area contributed by atoms with Gasteiger partial charge in [-0.3, -0.25) is 0 Å². The molecule has 1 N–H and O–H groups in total. The Kier molecular flexibility index (Phi) is 3.83. The smallest absolute Gasteiger partial charge is 0.203 e. The van der Waals surface area contributed by atoms with E-state index in [2.05, 4.69) is 17.4 Å². The molecule has 0 bridgehead atoms. The van der Waals surface area contributed by atoms with Gasteiger partial charge in [-0.25, -0.2) is 0 Å². The molecular formula is C14H20ClNO3. The van der Waals surface area contributed by atoms with E-state index in [0.29, 0.717) is 11.2 Å². The topological polar surface area (TPSA) is 39.7 Å². The molecule has 0 radical (unpaired) electrons. The van der Waals surface area contributed by atoms with Gasteiger partial charge in [0.2, 0.25) is 5.75 Å². The van der Waals surface area contributed by atoms with Crippen molar-refractivity contribution >= 4 is 12.4 Å². The van der Waals surface area contributed by atoms with Crippen LogP contribution in [0.25, 0.3) is 0 Å². The largest absolute Gasteiger partial charge is 0.493 e. The molecule has 2 aliphatic rings. The molecule has 1 saturated carbocycles. The number of nitrogens with one attached hydrogen (secondary N) is 1. The van der Waals surface area contributed by atoms with Crippen LogP contribution >= 0.6 is 12.4 Å². The van der Waals surface area contributed by atoms with Crippen LogP contribution < -0.4 is 19.5 Å². The lowest BCUT2D eigenvalue weighted by atomic mass is 9.94. The first-order chi connectivity index (χ1) is 8.75. The lowest BCUT2D eigenvalue weighted by molar-refractivity contribution is 0.323. The minimum absolute atomic E-state index is 0. The Morgan fingerprint density at radius 1 is 1.11 bits per heavy atom. The summed E-state index contributed by atoms with van der Waals surface area (Å²) in [7, 11) is 4.96. The van der Waals surface area contributed by atoms with Gasteiger partial charge in [0.15, 0.2) is 11.5 Å². The molecule has 106 valence electrons. The fourth-order valence-corrected chi connectivity index (χ4v) is 3.16. The molecule has 1 heterocycles. The molecule has 1 aromatic rings. The van der Waals surface area contributed by atoms with Crippen LogP contribution in [-0.2, 0) is 5.41 Å². The predicted octanol–water partition coefficient (Wildman–Crippen LogP) is 2.00. The summed E-state index contributed by atoms with van der Waals surface area (Å²) in [5, 5.41) is 3.45. The van der Waals surface area contributed by atoms with Gasteiger partial charge in [0.1, 0.15) is 0 Å². The van der Waals surface area contributed by atoms with Gasteiger partial charge in [-0.15, -0.1) is 12.4 Å². The molecule has 4 nitrogen and oxygen atoms in total. The molecule has 3 rings (SSSR count). The SMILES string of the molecule is COc1cc(C23CNCC2C3)cc(OC)c1OC.Cl. The number of rotatable bonds is 4. The summed E-state index contributed by atoms with van der Waals surface area (Å²) in [6, 6.07) is 4.18. The van der Waals surface area contributed by atoms with Gasteiger partial charge in [-0.1, -0.05) is 0 Å². The third-order valence-electron chi connectivity index (χ3n) is 4.30. The van der Waals surface area contributed by atoms with Crippen LogP contribution in [0.4, 0.5) is 0 Å². The third-order valence-corrected chi connectivity index (χ3v) is 4.30. The lowest BCUT2D eigenvalue weighted by Crippen LogP contribution is -2.19. The zero-order chi connectivity index (χ0) is 12.8. The second kappa shape index (κ2) is 5.10. The fraction of sp³-hybridized carbons (Fsp3) is 0.571. The van der Waals surface area contributed by atoms with E-state index < -0.39 is 0 Å². The monoisotopic (exact) mass is 285 g/mol. The Hall–Kier alpha value is -1.13. The van der Waals surface area contributed by atoms with Gasteiger partial charge < -0.3 is 19.5 Å². The van der Waals surface area contributed by atoms with Crippen molar-refractivity contribution in [3.63, 3.8) is 0 Å². The second-order valence-electron chi connectivity index (χ2n) is 5.10. The first-order valence-corrected chi connectivity index (χ1v) is 6.26. The highest BCUT2D eigenvalue weighted by Crippen LogP contribution is 2.58. The van der Waals surface area contributed by atoms with E-state index in [1.54, 1.807) is 21.3 Å². The Labute approximate surface area is 119 Å². The number of hydrogen-bond acceptors (Lipinski definition) is 4. The maximum Gasteiger partial charge on any atom is 0.203 e. The minimum atomic E-state index is 0. The highest BCUT2D eigenvalue weighted by atomic mass is 35.5. The summed E-state index contributed by atoms with van der Waals surface area (Å²) < 4.78 is 16.2. The molecule has 1 aliphatic heterocycles. The van der Waals surface area contributed by atoms with Crippen molar-refractivity contribution in [1.29, 1.82) is 0 Å². The molecule has 1 saturated heterocycles. The van der Waals surface area contributed by atoms with Crippen molar-refractivity contribution < 1.29 is 14.2 Å². The average molecular weight is 286 g/mol. The van der Waals surface area contributed by atoms with E-state index in [0.717, 1.165) is 30.5 Å². The zero-order valence-corrected chi connectivity index (χ0v) is 12.3. The number of benzene rings is 1. The number of methoxy groups -OCH3 is 3. The second-order valence-corrected chi connectivity index (χ2v) is 5.10. The maximum absolute atomic E-state index is 5.42. The number of ether oxygens (including phenoxy) is 3. The van der Waals surface area contributed by atoms with Crippen LogP contribution in [0.5, 0.6) is 17.2 Å². The average Bonchev–Trinajstić information content (AvgIpc) is 2.99. The molecule has 0 aromatic heterocycles. The minimum Gasteiger partial charge on any atom is -0.493 e. The molecule has 0 spiro atoms. The van der Waals surface area contributed by atoms with Gasteiger partial charge in [0.05, 0.1) is 21.3 Å². The highest BCUT2D eigenvalue weighted by molar-refractivity contribution is 5.85. The van der Waals surface area contributed by atoms with Crippen molar-refractivity contribution in [3.8, 4) is 17.2 Å². The molecule has 5 heteroatoms. The van der Waals surface area contributed by atoms with Crippen molar-refractivity contribution in [2.45, 2.75) is 11.8 Å². The van der Waals surface area contributed by atoms with Crippen LogP contribution in [0.3, 0.4) is 0 Å². The van der Waals surface area contributed by atoms with E-state index in [1.165, 1.54) is 12.0 Å². The van der Waals surface area contributed by atoms with E-state index >= 15 is 0 Å². The molecule has 2 unspecified atom stereocenters. The maximum atomic E-state index is 5.42. The number of hydrogen-bond donors (Lipinski definition) is 1. The first kappa shape index (κ1) is 14.3. The number of fused-ring (bicyclic) bond motifs is 1. The van der Waals surface area contributed by atoms with Gasteiger partial charge in [0.25, 0.3) is 0 Å². The standard InChI is InChI=1S/C14H19NO3.ClH/c1-16-11-4-9(5-12(17-2)13(11)18-3)14-6-10(14)7-15-8-14;/h4-5,10,15H,6-8H2,1-3H3;1H. The molecule has 19 heavy (non-hydrogen) atoms. The summed E-state index contributed by atoms with van der Waals surface area (Å²) in [6.07, 6.45) is 1.26. The summed E-state index contributed by atoms with van der Waals surface area (Å²) in [5.74, 6) is 2.93. The van der Waals surface area contributed by atoms with Crippen LogP contribution in [0, 0.1) is 5.92 Å². The van der Waals surface area contributed by atoms with E-state index in [1.807, 2.05) is 0 Å². The van der Waals surface area contributed by atoms with E-state index in [-0.39, 0.29) is 12.4 Å². The van der Waals surface area contributed by atoms with Crippen molar-refractivity contribution in [2.75, 3.05) is 34.4 Å². The van der Waals surface area contributed by atoms with Crippen molar-refractivity contribution in [1.82, 2.24) is 5.32 Å². The van der Waals surface area contributed by atoms with Crippen molar-refractivity contribution in [2.24, 2.45) is 5.92 Å². The van der Waals surface area contributed by atoms with Crippen molar-refractivity contribution in [3.05, 3.63) is 17.7 Å². The summed E-state index contributed by atoms with van der Waals surface area (Å²) >= 11 is 0. The number of halogens is 1. The Balaban J connectivity index is 0.00000133. The molecule has 1 aromatic carbocycles. The molecule has 2 atom stereocenters. The number of piperidine rings is 1. The van der Waals surface area contributed by atoms with Crippen LogP contribution in [0.2, 0.25) is 0 Å². The summed E-state index contributed by atoms with van der Waals surface area (Å²) in [5.41, 5.74) is 1.60. The highest BCUT2D eigenvalue weighted by Gasteiger charge is 2.58. The van der Waals surface area contributed by atoms with E-state index in [9.17, 15) is 0 Å². The predicted molar refractivity (Wildman–Crippen MR) is 76.0 cm³/mol. The fourth-order valence-electron chi connectivity index (χ4n) is 3.16. The molecule has 0 amide bonds. The first-order valence-electron chi connectivity index (χ1n) is 6.26. The zero-order valence-electron chi connectivity index (χ0n) is 11.5. The van der Waals surface area contributed by atoms with Gasteiger partial charge >= 0.3 is 0 Å². The lowest BCUT2D eigenvalue weighted by Gasteiger charge is -2.18. The van der Waals surface area contributed by atoms with E-state index in [4.69, 9.17) is 14.2 Å². The Morgan fingerprint density at radius 2 is 1.74 bits per heavy atom. The van der Waals surface area contributed by atoms with Crippen LogP contribution in [0.1, 0.15) is 12.0 Å². The summed E-state index contributed by atoms with van der Waals surface area (Å²) in [4.78, 5) is 0. The quantitative estimate of drug-likeness (QED) is 0.918. The Morgan fingerprint density at radius 3 is 2.11 bits per heavy atom. The Bertz CT molecular complexity index is 455. The van der Waals surface area contributed by atoms with Gasteiger partial charge in [-0.2, -0.15) is 0 Å². The van der Waals surface area contributed by atoms with Crippen LogP contribution in [0.15, 0.2) is 12.1 Å². The van der Waals surface area contributed by atoms with Gasteiger partial charge in [-0.05, 0) is 36.6 Å². The normalized spacial score (nSPS) is 27.2. The molecular weight excluding hydrogens is 266 g/mol. The molecule has 1 aliphatic carbocycles. The summed E-state index contributed by atoms with van der Waals surface area (Å²) in [6.45, 7) is 2.17. The van der Waals surface area contributed by atoms with Crippen LogP contribution in [-0.4, -0.2) is 34.4 Å². The molecule has 2 fully saturated rings. The third kappa shape index (κ3) is 2.03.